The minimum atomic E-state index is 0.0972. The second-order valence-electron chi connectivity index (χ2n) is 3.20. The van der Waals surface area contributed by atoms with Crippen LogP contribution in [-0.4, -0.2) is 5.88 Å². The van der Waals surface area contributed by atoms with Crippen molar-refractivity contribution < 1.29 is 0 Å². The van der Waals surface area contributed by atoms with Crippen LogP contribution >= 0.6 is 11.6 Å². The zero-order valence-electron chi connectivity index (χ0n) is 7.85. The van der Waals surface area contributed by atoms with Crippen LogP contribution in [0.4, 0.5) is 0 Å². The van der Waals surface area contributed by atoms with Gasteiger partial charge in [-0.3, -0.25) is 0 Å². The van der Waals surface area contributed by atoms with Crippen molar-refractivity contribution in [2.75, 3.05) is 5.88 Å². The normalized spacial score (nSPS) is 17.4. The van der Waals surface area contributed by atoms with E-state index in [-0.39, 0.29) is 5.88 Å². The predicted octanol–water partition coefficient (Wildman–Crippen LogP) is 3.73. The fourth-order valence-electron chi connectivity index (χ4n) is 1.60. The molecule has 0 aromatic rings. The molecule has 1 aliphatic carbocycles. The first-order valence-electron chi connectivity index (χ1n) is 4.78. The Morgan fingerprint density at radius 1 is 1.33 bits per heavy atom. The quantitative estimate of drug-likeness (QED) is 0.574. The summed E-state index contributed by atoms with van der Waals surface area (Å²) < 4.78 is 0. The van der Waals surface area contributed by atoms with E-state index in [1.54, 1.807) is 6.07 Å². The molecule has 0 unspecified atom stereocenters. The molecule has 1 fully saturated rings. The van der Waals surface area contributed by atoms with Gasteiger partial charge in [-0.25, -0.2) is 0 Å². The molecule has 0 radical (unpaired) electrons. The Labute approximate surface area is 80.7 Å². The number of hydrogen-bond donors (Lipinski definition) is 0. The number of nitrogens with zero attached hydrogens (tertiary/aromatic N) is 1. The molecule has 0 atom stereocenters. The summed E-state index contributed by atoms with van der Waals surface area (Å²) in [6, 6.07) is 1.70. The van der Waals surface area contributed by atoms with Gasteiger partial charge in [0.25, 0.3) is 0 Å². The lowest BCUT2D eigenvalue weighted by molar-refractivity contribution is 0.349. The van der Waals surface area contributed by atoms with E-state index in [1.807, 2.05) is 0 Å². The third-order valence-electron chi connectivity index (χ3n) is 2.36. The molecule has 0 saturated heterocycles. The van der Waals surface area contributed by atoms with E-state index < -0.39 is 0 Å². The summed E-state index contributed by atoms with van der Waals surface area (Å²) in [7, 11) is 0. The maximum atomic E-state index is 7.49. The largest absolute Gasteiger partial charge is 0.197 e. The van der Waals surface area contributed by atoms with Crippen molar-refractivity contribution in [3.05, 3.63) is 0 Å². The second-order valence-corrected chi connectivity index (χ2v) is 3.47. The lowest BCUT2D eigenvalue weighted by Crippen LogP contribution is -2.03. The first-order chi connectivity index (χ1) is 5.85. The van der Waals surface area contributed by atoms with Crippen LogP contribution < -0.4 is 0 Å². The van der Waals surface area contributed by atoms with Gasteiger partial charge in [0.15, 0.2) is 0 Å². The van der Waals surface area contributed by atoms with Crippen LogP contribution in [0, 0.1) is 17.2 Å². The zero-order valence-corrected chi connectivity index (χ0v) is 8.61. The molecule has 1 rings (SSSR count). The highest BCUT2D eigenvalue weighted by molar-refractivity contribution is 6.19. The zero-order chi connectivity index (χ0) is 9.23. The summed E-state index contributed by atoms with van der Waals surface area (Å²) in [5.41, 5.74) is 0. The van der Waals surface area contributed by atoms with Gasteiger partial charge >= 0.3 is 0 Å². The van der Waals surface area contributed by atoms with E-state index in [9.17, 15) is 0 Å². The first-order valence-corrected chi connectivity index (χ1v) is 5.31. The van der Waals surface area contributed by atoms with Gasteiger partial charge in [-0.2, -0.15) is 5.26 Å². The summed E-state index contributed by atoms with van der Waals surface area (Å²) in [6.07, 6.45) is 8.93. The fourth-order valence-corrected chi connectivity index (χ4v) is 1.60. The fraction of sp³-hybridized carbons (Fsp3) is 0.900. The smallest absolute Gasteiger partial charge is 0.109 e. The van der Waals surface area contributed by atoms with E-state index in [0.717, 1.165) is 5.92 Å². The SMILES string of the molecule is CCC1CCCCC1.N#CCCl. The number of alkyl halides is 1. The Bertz CT molecular complexity index is 122. The van der Waals surface area contributed by atoms with Gasteiger partial charge in [0.2, 0.25) is 0 Å². The average molecular weight is 188 g/mol. The molecule has 0 spiro atoms. The van der Waals surface area contributed by atoms with Gasteiger partial charge in [-0.05, 0) is 5.92 Å². The molecule has 0 bridgehead atoms. The Balaban J connectivity index is 0.000000261. The average Bonchev–Trinajstić information content (AvgIpc) is 2.19. The second kappa shape index (κ2) is 8.87. The van der Waals surface area contributed by atoms with Crippen molar-refractivity contribution >= 4 is 11.6 Å². The lowest BCUT2D eigenvalue weighted by atomic mass is 9.88. The summed E-state index contributed by atoms with van der Waals surface area (Å²) in [4.78, 5) is 0. The number of hydrogen-bond acceptors (Lipinski definition) is 1. The molecule has 1 saturated carbocycles. The van der Waals surface area contributed by atoms with Gasteiger partial charge in [0.05, 0.1) is 6.07 Å². The van der Waals surface area contributed by atoms with E-state index in [2.05, 4.69) is 6.92 Å². The highest BCUT2D eigenvalue weighted by Crippen LogP contribution is 2.25. The Morgan fingerprint density at radius 3 is 2.08 bits per heavy atom. The highest BCUT2D eigenvalue weighted by atomic mass is 35.5. The molecule has 0 heterocycles. The molecule has 12 heavy (non-hydrogen) atoms. The molecule has 2 heteroatoms. The molecule has 0 amide bonds. The summed E-state index contributed by atoms with van der Waals surface area (Å²) in [5.74, 6) is 1.18. The molecule has 1 nitrogen and oxygen atoms in total. The lowest BCUT2D eigenvalue weighted by Gasteiger charge is -2.18. The molecular formula is C10H18ClN. The predicted molar refractivity (Wildman–Crippen MR) is 53.2 cm³/mol. The molecular weight excluding hydrogens is 170 g/mol. The Kier molecular flexibility index (Phi) is 8.71. The molecule has 0 aromatic heterocycles. The van der Waals surface area contributed by atoms with Crippen LogP contribution in [0.5, 0.6) is 0 Å². The van der Waals surface area contributed by atoms with Gasteiger partial charge in [0.1, 0.15) is 5.88 Å². The monoisotopic (exact) mass is 187 g/mol. The molecule has 0 aliphatic heterocycles. The van der Waals surface area contributed by atoms with Crippen molar-refractivity contribution in [2.24, 2.45) is 5.92 Å². The Hall–Kier alpha value is -0.220. The number of rotatable bonds is 1. The highest BCUT2D eigenvalue weighted by Gasteiger charge is 2.09. The topological polar surface area (TPSA) is 23.8 Å². The van der Waals surface area contributed by atoms with Crippen molar-refractivity contribution in [1.29, 1.82) is 5.26 Å². The van der Waals surface area contributed by atoms with Crippen molar-refractivity contribution in [2.45, 2.75) is 45.4 Å². The van der Waals surface area contributed by atoms with Crippen molar-refractivity contribution in [1.82, 2.24) is 0 Å². The first kappa shape index (κ1) is 11.8. The van der Waals surface area contributed by atoms with Crippen LogP contribution in [0.1, 0.15) is 45.4 Å². The molecule has 0 aromatic carbocycles. The van der Waals surface area contributed by atoms with E-state index in [1.165, 1.54) is 38.5 Å². The van der Waals surface area contributed by atoms with E-state index >= 15 is 0 Å². The van der Waals surface area contributed by atoms with E-state index in [4.69, 9.17) is 16.9 Å². The maximum Gasteiger partial charge on any atom is 0.109 e. The molecule has 0 N–H and O–H groups in total. The third kappa shape index (κ3) is 6.49. The summed E-state index contributed by atoms with van der Waals surface area (Å²) >= 11 is 4.82. The van der Waals surface area contributed by atoms with Gasteiger partial charge in [-0.15, -0.1) is 11.6 Å². The van der Waals surface area contributed by atoms with Crippen LogP contribution in [0.15, 0.2) is 0 Å². The van der Waals surface area contributed by atoms with E-state index in [0.29, 0.717) is 0 Å². The minimum Gasteiger partial charge on any atom is -0.197 e. The van der Waals surface area contributed by atoms with Gasteiger partial charge in [0, 0.05) is 0 Å². The van der Waals surface area contributed by atoms with Crippen LogP contribution in [0.25, 0.3) is 0 Å². The number of halogens is 1. The molecule has 70 valence electrons. The van der Waals surface area contributed by atoms with Crippen LogP contribution in [-0.2, 0) is 0 Å². The van der Waals surface area contributed by atoms with Crippen molar-refractivity contribution in [3.63, 3.8) is 0 Å². The standard InChI is InChI=1S/C8H16.C2H2ClN/c1-2-8-6-4-3-5-7-8;3-1-2-4/h8H,2-7H2,1H3;1H2. The van der Waals surface area contributed by atoms with Crippen molar-refractivity contribution in [3.8, 4) is 6.07 Å². The van der Waals surface area contributed by atoms with Gasteiger partial charge < -0.3 is 0 Å². The maximum absolute atomic E-state index is 7.49. The van der Waals surface area contributed by atoms with Gasteiger partial charge in [-0.1, -0.05) is 45.4 Å². The summed E-state index contributed by atoms with van der Waals surface area (Å²) in [5, 5.41) is 7.49. The summed E-state index contributed by atoms with van der Waals surface area (Å²) in [6.45, 7) is 2.32. The number of nitriles is 1. The van der Waals surface area contributed by atoms with Crippen LogP contribution in [0.2, 0.25) is 0 Å². The Morgan fingerprint density at radius 2 is 1.83 bits per heavy atom. The van der Waals surface area contributed by atoms with Crippen LogP contribution in [0.3, 0.4) is 0 Å². The third-order valence-corrected chi connectivity index (χ3v) is 2.48. The molecule has 1 aliphatic rings. The minimum absolute atomic E-state index is 0.0972.